The molecular weight excluding hydrogens is 244 g/mol. The van der Waals surface area contributed by atoms with E-state index in [9.17, 15) is 9.90 Å². The molecule has 0 fully saturated rings. The number of hydrogen-bond acceptors (Lipinski definition) is 4. The molecular formula is C15H13O4-. The molecule has 0 N–H and O–H groups in total. The third kappa shape index (κ3) is 3.25. The van der Waals surface area contributed by atoms with Gasteiger partial charge in [0.05, 0.1) is 13.1 Å². The van der Waals surface area contributed by atoms with Crippen molar-refractivity contribution >= 4 is 5.97 Å². The van der Waals surface area contributed by atoms with Gasteiger partial charge in [-0.1, -0.05) is 30.3 Å². The lowest BCUT2D eigenvalue weighted by Crippen LogP contribution is -2.22. The number of ether oxygens (including phenoxy) is 2. The fourth-order valence-electron chi connectivity index (χ4n) is 1.69. The van der Waals surface area contributed by atoms with Gasteiger partial charge in [0.25, 0.3) is 0 Å². The molecule has 4 nitrogen and oxygen atoms in total. The highest BCUT2D eigenvalue weighted by Crippen LogP contribution is 2.26. The summed E-state index contributed by atoms with van der Waals surface area (Å²) in [6.07, 6.45) is 0. The number of aromatic carboxylic acids is 1. The zero-order valence-corrected chi connectivity index (χ0v) is 10.5. The van der Waals surface area contributed by atoms with Gasteiger partial charge >= 0.3 is 0 Å². The molecule has 0 heterocycles. The topological polar surface area (TPSA) is 58.6 Å². The first kappa shape index (κ1) is 13.0. The first-order chi connectivity index (χ1) is 9.20. The van der Waals surface area contributed by atoms with Crippen LogP contribution < -0.4 is 14.6 Å². The molecule has 0 spiro atoms. The van der Waals surface area contributed by atoms with Crippen molar-refractivity contribution in [1.29, 1.82) is 0 Å². The van der Waals surface area contributed by atoms with Gasteiger partial charge in [-0.25, -0.2) is 0 Å². The van der Waals surface area contributed by atoms with Crippen molar-refractivity contribution in [2.24, 2.45) is 0 Å². The molecule has 0 aromatic heterocycles. The van der Waals surface area contributed by atoms with Crippen LogP contribution in [-0.4, -0.2) is 13.1 Å². The Morgan fingerprint density at radius 2 is 1.84 bits per heavy atom. The van der Waals surface area contributed by atoms with E-state index in [1.807, 2.05) is 12.1 Å². The lowest BCUT2D eigenvalue weighted by molar-refractivity contribution is -0.255. The molecule has 0 atom stereocenters. The molecule has 4 heteroatoms. The van der Waals surface area contributed by atoms with E-state index in [1.165, 1.54) is 12.1 Å². The average Bonchev–Trinajstić information content (AvgIpc) is 2.45. The molecule has 2 aromatic rings. The van der Waals surface area contributed by atoms with Crippen LogP contribution >= 0.6 is 0 Å². The molecule has 0 aliphatic heterocycles. The van der Waals surface area contributed by atoms with Crippen LogP contribution in [0.4, 0.5) is 0 Å². The second kappa shape index (κ2) is 5.91. The van der Waals surface area contributed by atoms with Gasteiger partial charge < -0.3 is 19.4 Å². The molecule has 0 aliphatic carbocycles. The number of carbonyl (C=O) groups excluding carboxylic acids is 1. The predicted octanol–water partition coefficient (Wildman–Crippen LogP) is 1.64. The van der Waals surface area contributed by atoms with Gasteiger partial charge in [-0.05, 0) is 29.3 Å². The molecule has 2 rings (SSSR count). The van der Waals surface area contributed by atoms with Crippen molar-refractivity contribution in [2.45, 2.75) is 6.61 Å². The first-order valence-electron chi connectivity index (χ1n) is 5.77. The predicted molar refractivity (Wildman–Crippen MR) is 68.1 cm³/mol. The summed E-state index contributed by atoms with van der Waals surface area (Å²) in [5.74, 6) is 0.0570. The van der Waals surface area contributed by atoms with E-state index in [2.05, 4.69) is 0 Å². The molecule has 0 aliphatic rings. The monoisotopic (exact) mass is 257 g/mol. The molecule has 0 saturated heterocycles. The summed E-state index contributed by atoms with van der Waals surface area (Å²) in [4.78, 5) is 10.8. The van der Waals surface area contributed by atoms with Crippen LogP contribution in [0.2, 0.25) is 0 Å². The number of carbonyl (C=O) groups is 1. The highest BCUT2D eigenvalue weighted by Gasteiger charge is 2.03. The summed E-state index contributed by atoms with van der Waals surface area (Å²) < 4.78 is 10.8. The van der Waals surface area contributed by atoms with Crippen molar-refractivity contribution in [1.82, 2.24) is 0 Å². The van der Waals surface area contributed by atoms with E-state index in [1.54, 1.807) is 31.4 Å². The third-order valence-corrected chi connectivity index (χ3v) is 2.63. The maximum atomic E-state index is 10.8. The van der Waals surface area contributed by atoms with Crippen molar-refractivity contribution < 1.29 is 19.4 Å². The lowest BCUT2D eigenvalue weighted by atomic mass is 10.1. The second-order valence-corrected chi connectivity index (χ2v) is 3.93. The minimum Gasteiger partial charge on any atom is -0.545 e. The quantitative estimate of drug-likeness (QED) is 0.817. The molecule has 2 aromatic carbocycles. The molecule has 0 saturated carbocycles. The molecule has 0 radical (unpaired) electrons. The van der Waals surface area contributed by atoms with Crippen LogP contribution in [0.15, 0.2) is 48.5 Å². The van der Waals surface area contributed by atoms with E-state index in [0.29, 0.717) is 11.5 Å². The Hall–Kier alpha value is -2.49. The second-order valence-electron chi connectivity index (χ2n) is 3.93. The standard InChI is InChI=1S/C15H14O4/c1-18-13-7-2-3-8-14(13)19-10-11-5-4-6-12(9-11)15(16)17/h2-9H,10H2,1H3,(H,16,17)/p-1. The summed E-state index contributed by atoms with van der Waals surface area (Å²) >= 11 is 0. The van der Waals surface area contributed by atoms with Crippen LogP contribution in [0.25, 0.3) is 0 Å². The maximum absolute atomic E-state index is 10.8. The molecule has 0 unspecified atom stereocenters. The Labute approximate surface area is 111 Å². The number of methoxy groups -OCH3 is 1. The zero-order valence-electron chi connectivity index (χ0n) is 10.5. The van der Waals surface area contributed by atoms with Gasteiger partial charge in [0.15, 0.2) is 11.5 Å². The van der Waals surface area contributed by atoms with Gasteiger partial charge in [-0.3, -0.25) is 0 Å². The first-order valence-corrected chi connectivity index (χ1v) is 5.77. The molecule has 0 amide bonds. The summed E-state index contributed by atoms with van der Waals surface area (Å²) in [5.41, 5.74) is 0.897. The van der Waals surface area contributed by atoms with Crippen molar-refractivity contribution in [3.05, 3.63) is 59.7 Å². The SMILES string of the molecule is COc1ccccc1OCc1cccc(C(=O)[O-])c1. The maximum Gasteiger partial charge on any atom is 0.161 e. The van der Waals surface area contributed by atoms with Gasteiger partial charge in [0.2, 0.25) is 0 Å². The van der Waals surface area contributed by atoms with Crippen LogP contribution in [0.3, 0.4) is 0 Å². The summed E-state index contributed by atoms with van der Waals surface area (Å²) in [6.45, 7) is 0.265. The largest absolute Gasteiger partial charge is 0.545 e. The number of carboxylic acid groups (broad SMARTS) is 1. The Morgan fingerprint density at radius 3 is 2.53 bits per heavy atom. The average molecular weight is 257 g/mol. The highest BCUT2D eigenvalue weighted by molar-refractivity contribution is 5.85. The Kier molecular flexibility index (Phi) is 4.03. The minimum absolute atomic E-state index is 0.140. The van der Waals surface area contributed by atoms with Crippen LogP contribution in [-0.2, 0) is 6.61 Å². The van der Waals surface area contributed by atoms with Crippen LogP contribution in [0.1, 0.15) is 15.9 Å². The van der Waals surface area contributed by atoms with Gasteiger partial charge in [-0.15, -0.1) is 0 Å². The van der Waals surface area contributed by atoms with Gasteiger partial charge in [0.1, 0.15) is 6.61 Å². The Balaban J connectivity index is 2.10. The Bertz CT molecular complexity index is 578. The van der Waals surface area contributed by atoms with E-state index < -0.39 is 5.97 Å². The van der Waals surface area contributed by atoms with Crippen LogP contribution in [0, 0.1) is 0 Å². The molecule has 98 valence electrons. The lowest BCUT2D eigenvalue weighted by Gasteiger charge is -2.11. The summed E-state index contributed by atoms with van der Waals surface area (Å²) in [6, 6.07) is 13.8. The van der Waals surface area contributed by atoms with Crippen LogP contribution in [0.5, 0.6) is 11.5 Å². The smallest absolute Gasteiger partial charge is 0.161 e. The minimum atomic E-state index is -1.20. The number of benzene rings is 2. The third-order valence-electron chi connectivity index (χ3n) is 2.63. The molecule has 0 bridgehead atoms. The van der Waals surface area contributed by atoms with Gasteiger partial charge in [0, 0.05) is 0 Å². The fraction of sp³-hybridized carbons (Fsp3) is 0.133. The van der Waals surface area contributed by atoms with E-state index in [-0.39, 0.29) is 12.2 Å². The van der Waals surface area contributed by atoms with Crippen molar-refractivity contribution in [2.75, 3.05) is 7.11 Å². The normalized spacial score (nSPS) is 9.95. The number of rotatable bonds is 5. The van der Waals surface area contributed by atoms with E-state index >= 15 is 0 Å². The van der Waals surface area contributed by atoms with E-state index in [0.717, 1.165) is 5.56 Å². The Morgan fingerprint density at radius 1 is 1.11 bits per heavy atom. The number of hydrogen-bond donors (Lipinski definition) is 0. The number of carboxylic acids is 1. The highest BCUT2D eigenvalue weighted by atomic mass is 16.5. The summed E-state index contributed by atoms with van der Waals surface area (Å²) in [5, 5.41) is 10.8. The number of para-hydroxylation sites is 2. The van der Waals surface area contributed by atoms with Crippen molar-refractivity contribution in [3.8, 4) is 11.5 Å². The summed E-state index contributed by atoms with van der Waals surface area (Å²) in [7, 11) is 1.57. The van der Waals surface area contributed by atoms with E-state index in [4.69, 9.17) is 9.47 Å². The zero-order chi connectivity index (χ0) is 13.7. The fourth-order valence-corrected chi connectivity index (χ4v) is 1.69. The molecule has 19 heavy (non-hydrogen) atoms. The van der Waals surface area contributed by atoms with Crippen molar-refractivity contribution in [3.63, 3.8) is 0 Å². The van der Waals surface area contributed by atoms with Gasteiger partial charge in [-0.2, -0.15) is 0 Å².